The number of carbonyl (C=O) groups excluding carboxylic acids is 2. The molecular weight excluding hydrogens is 402 g/mol. The molecule has 0 aliphatic carbocycles. The third-order valence-electron chi connectivity index (χ3n) is 5.38. The number of nitrogens with zero attached hydrogens (tertiary/aromatic N) is 3. The summed E-state index contributed by atoms with van der Waals surface area (Å²) in [6, 6.07) is 13.3. The van der Waals surface area contributed by atoms with Crippen LogP contribution in [0.5, 0.6) is 0 Å². The summed E-state index contributed by atoms with van der Waals surface area (Å²) in [6.45, 7) is 10.9. The molecule has 2 heterocycles. The highest BCUT2D eigenvalue weighted by Gasteiger charge is 2.30. The molecule has 6 heteroatoms. The van der Waals surface area contributed by atoms with Crippen molar-refractivity contribution in [1.29, 1.82) is 0 Å². The Bertz CT molecular complexity index is 904. The quantitative estimate of drug-likeness (QED) is 0.589. The molecule has 2 aromatic rings. The Labute approximate surface area is 191 Å². The number of likely N-dealkylation sites (tertiary alicyclic amines) is 1. The first-order valence-electron chi connectivity index (χ1n) is 11.5. The molecule has 32 heavy (non-hydrogen) atoms. The molecule has 1 aromatic heterocycles. The van der Waals surface area contributed by atoms with Gasteiger partial charge in [0.05, 0.1) is 6.04 Å². The molecule has 0 radical (unpaired) electrons. The zero-order chi connectivity index (χ0) is 23.3. The van der Waals surface area contributed by atoms with E-state index in [4.69, 9.17) is 4.74 Å². The average molecular weight is 438 g/mol. The van der Waals surface area contributed by atoms with Crippen LogP contribution < -0.4 is 4.90 Å². The molecule has 0 bridgehead atoms. The molecule has 0 N–H and O–H groups in total. The van der Waals surface area contributed by atoms with E-state index in [9.17, 15) is 9.59 Å². The summed E-state index contributed by atoms with van der Waals surface area (Å²) in [7, 11) is 0. The van der Waals surface area contributed by atoms with E-state index in [2.05, 4.69) is 18.8 Å². The predicted octanol–water partition coefficient (Wildman–Crippen LogP) is 5.85. The molecule has 1 aliphatic heterocycles. The van der Waals surface area contributed by atoms with Gasteiger partial charge in [-0.25, -0.2) is 9.78 Å². The third-order valence-corrected chi connectivity index (χ3v) is 5.38. The van der Waals surface area contributed by atoms with Crippen molar-refractivity contribution in [2.45, 2.75) is 65.5 Å². The van der Waals surface area contributed by atoms with Crippen LogP contribution in [-0.4, -0.2) is 40.6 Å². The van der Waals surface area contributed by atoms with Crippen molar-refractivity contribution in [3.8, 4) is 0 Å². The highest BCUT2D eigenvalue weighted by molar-refractivity contribution is 5.94. The van der Waals surface area contributed by atoms with Gasteiger partial charge in [-0.2, -0.15) is 0 Å². The van der Waals surface area contributed by atoms with E-state index in [1.165, 1.54) is 0 Å². The molecule has 1 aliphatic rings. The number of hydrogen-bond donors (Lipinski definition) is 0. The summed E-state index contributed by atoms with van der Waals surface area (Å²) in [4.78, 5) is 34.1. The lowest BCUT2D eigenvalue weighted by atomic mass is 9.95. The molecule has 1 saturated heterocycles. The zero-order valence-electron chi connectivity index (χ0n) is 19.9. The van der Waals surface area contributed by atoms with Crippen molar-refractivity contribution in [1.82, 2.24) is 9.88 Å². The van der Waals surface area contributed by atoms with Gasteiger partial charge in [-0.3, -0.25) is 9.69 Å². The Morgan fingerprint density at radius 3 is 2.44 bits per heavy atom. The minimum absolute atomic E-state index is 0.0157. The number of carbonyl (C=O) groups is 2. The fourth-order valence-corrected chi connectivity index (χ4v) is 3.97. The number of pyridine rings is 1. The molecule has 6 nitrogen and oxygen atoms in total. The SMILES string of the molecule is CC(C)CN(C(=O)OC(C)(C)C)c1ccc(C2CCCCN2C(=O)c2ccccc2)cn1. The molecule has 1 unspecified atom stereocenters. The topological polar surface area (TPSA) is 62.7 Å². The highest BCUT2D eigenvalue weighted by Crippen LogP contribution is 2.32. The first-order chi connectivity index (χ1) is 15.2. The van der Waals surface area contributed by atoms with Gasteiger partial charge in [0.2, 0.25) is 0 Å². The normalized spacial score (nSPS) is 16.7. The zero-order valence-corrected chi connectivity index (χ0v) is 19.9. The second-order valence-electron chi connectivity index (χ2n) is 9.81. The number of benzene rings is 1. The predicted molar refractivity (Wildman–Crippen MR) is 127 cm³/mol. The van der Waals surface area contributed by atoms with Gasteiger partial charge in [-0.15, -0.1) is 0 Å². The standard InChI is InChI=1S/C26H35N3O3/c1-19(2)18-29(25(31)32-26(3,4)5)23-15-14-21(17-27-23)22-13-9-10-16-28(22)24(30)20-11-7-6-8-12-20/h6-8,11-12,14-15,17,19,22H,9-10,13,16,18H2,1-5H3. The summed E-state index contributed by atoms with van der Waals surface area (Å²) < 4.78 is 5.59. The van der Waals surface area contributed by atoms with Gasteiger partial charge in [0.1, 0.15) is 11.4 Å². The number of anilines is 1. The molecule has 0 spiro atoms. The minimum Gasteiger partial charge on any atom is -0.443 e. The lowest BCUT2D eigenvalue weighted by Crippen LogP contribution is -2.40. The summed E-state index contributed by atoms with van der Waals surface area (Å²) in [5.41, 5.74) is 1.12. The van der Waals surface area contributed by atoms with E-state index in [-0.39, 0.29) is 17.9 Å². The molecule has 172 valence electrons. The first-order valence-corrected chi connectivity index (χ1v) is 11.5. The van der Waals surface area contributed by atoms with E-state index in [0.29, 0.717) is 17.9 Å². The Morgan fingerprint density at radius 1 is 1.12 bits per heavy atom. The van der Waals surface area contributed by atoms with Crippen molar-refractivity contribution in [2.75, 3.05) is 18.0 Å². The Morgan fingerprint density at radius 2 is 1.84 bits per heavy atom. The lowest BCUT2D eigenvalue weighted by molar-refractivity contribution is 0.0574. The lowest BCUT2D eigenvalue weighted by Gasteiger charge is -2.36. The molecule has 1 aromatic carbocycles. The number of amides is 2. The molecule has 1 atom stereocenters. The van der Waals surface area contributed by atoms with Gasteiger partial charge in [-0.05, 0) is 69.7 Å². The summed E-state index contributed by atoms with van der Waals surface area (Å²) in [5.74, 6) is 0.879. The largest absolute Gasteiger partial charge is 0.443 e. The Kier molecular flexibility index (Phi) is 7.54. The number of aromatic nitrogens is 1. The molecule has 0 saturated carbocycles. The first kappa shape index (κ1) is 23.8. The van der Waals surface area contributed by atoms with Crippen LogP contribution in [0.4, 0.5) is 10.6 Å². The van der Waals surface area contributed by atoms with E-state index < -0.39 is 11.7 Å². The second kappa shape index (κ2) is 10.2. The van der Waals surface area contributed by atoms with E-state index >= 15 is 0 Å². The summed E-state index contributed by atoms with van der Waals surface area (Å²) >= 11 is 0. The van der Waals surface area contributed by atoms with Gasteiger partial charge < -0.3 is 9.64 Å². The maximum absolute atomic E-state index is 13.1. The Balaban J connectivity index is 1.82. The van der Waals surface area contributed by atoms with Crippen LogP contribution >= 0.6 is 0 Å². The number of rotatable bonds is 5. The number of ether oxygens (including phenoxy) is 1. The third kappa shape index (κ3) is 6.09. The van der Waals surface area contributed by atoms with Gasteiger partial charge in [0, 0.05) is 24.8 Å². The summed E-state index contributed by atoms with van der Waals surface area (Å²) in [6.07, 6.45) is 4.38. The average Bonchev–Trinajstić information content (AvgIpc) is 2.76. The second-order valence-corrected chi connectivity index (χ2v) is 9.81. The van der Waals surface area contributed by atoms with Crippen molar-refractivity contribution < 1.29 is 14.3 Å². The number of hydrogen-bond acceptors (Lipinski definition) is 4. The smallest absolute Gasteiger partial charge is 0.416 e. The fraction of sp³-hybridized carbons (Fsp3) is 0.500. The van der Waals surface area contributed by atoms with E-state index in [1.54, 1.807) is 11.1 Å². The monoisotopic (exact) mass is 437 g/mol. The van der Waals surface area contributed by atoms with Gasteiger partial charge in [0.25, 0.3) is 5.91 Å². The van der Waals surface area contributed by atoms with Crippen molar-refractivity contribution >= 4 is 17.8 Å². The van der Waals surface area contributed by atoms with Crippen LogP contribution in [0.1, 0.15) is 75.8 Å². The molecule has 3 rings (SSSR count). The fourth-order valence-electron chi connectivity index (χ4n) is 3.97. The van der Waals surface area contributed by atoms with Gasteiger partial charge >= 0.3 is 6.09 Å². The van der Waals surface area contributed by atoms with Crippen molar-refractivity contribution in [3.05, 3.63) is 59.8 Å². The highest BCUT2D eigenvalue weighted by atomic mass is 16.6. The minimum atomic E-state index is -0.577. The summed E-state index contributed by atoms with van der Waals surface area (Å²) in [5, 5.41) is 0. The van der Waals surface area contributed by atoms with Crippen LogP contribution in [0.25, 0.3) is 0 Å². The van der Waals surface area contributed by atoms with Crippen molar-refractivity contribution in [3.63, 3.8) is 0 Å². The maximum Gasteiger partial charge on any atom is 0.416 e. The van der Waals surface area contributed by atoms with Crippen LogP contribution in [0, 0.1) is 5.92 Å². The van der Waals surface area contributed by atoms with Crippen molar-refractivity contribution in [2.24, 2.45) is 5.92 Å². The van der Waals surface area contributed by atoms with Crippen LogP contribution in [0.3, 0.4) is 0 Å². The number of piperidine rings is 1. The van der Waals surface area contributed by atoms with Crippen LogP contribution in [0.2, 0.25) is 0 Å². The molecular formula is C26H35N3O3. The molecule has 1 fully saturated rings. The van der Waals surface area contributed by atoms with Gasteiger partial charge in [-0.1, -0.05) is 38.1 Å². The van der Waals surface area contributed by atoms with Gasteiger partial charge in [0.15, 0.2) is 0 Å². The Hall–Kier alpha value is -2.89. The molecule has 2 amide bonds. The maximum atomic E-state index is 13.1. The van der Waals surface area contributed by atoms with Crippen LogP contribution in [-0.2, 0) is 4.74 Å². The van der Waals surface area contributed by atoms with Crippen LogP contribution in [0.15, 0.2) is 48.7 Å². The van der Waals surface area contributed by atoms with E-state index in [0.717, 1.165) is 31.4 Å². The van der Waals surface area contributed by atoms with E-state index in [1.807, 2.05) is 68.1 Å².